The third-order valence-electron chi connectivity index (χ3n) is 2.70. The molecule has 0 aliphatic carbocycles. The minimum Gasteiger partial charge on any atom is -0.372 e. The zero-order valence-electron chi connectivity index (χ0n) is 10.5. The van der Waals surface area contributed by atoms with E-state index in [9.17, 15) is 8.78 Å². The van der Waals surface area contributed by atoms with Crippen LogP contribution in [0, 0.1) is 11.6 Å². The van der Waals surface area contributed by atoms with Crippen molar-refractivity contribution in [3.63, 3.8) is 0 Å². The largest absolute Gasteiger partial charge is 0.372 e. The Morgan fingerprint density at radius 3 is 2.90 bits per heavy atom. The van der Waals surface area contributed by atoms with Gasteiger partial charge in [-0.3, -0.25) is 0 Å². The van der Waals surface area contributed by atoms with Gasteiger partial charge in [-0.15, -0.1) is 0 Å². The Labute approximate surface area is 117 Å². The Bertz CT molecular complexity index is 772. The molecule has 20 heavy (non-hydrogen) atoms. The summed E-state index contributed by atoms with van der Waals surface area (Å²) in [4.78, 5) is 8.85. The van der Waals surface area contributed by atoms with E-state index in [4.69, 9.17) is 0 Å². The van der Waals surface area contributed by atoms with Gasteiger partial charge in [0.25, 0.3) is 0 Å². The standard InChI is InChI=1S/C13H10F2N4S/c1-16-11-7-19-5-4-17-12(19)13(18-11)20-10-3-2-8(14)6-9(10)15/h2-7,16H,1H3. The maximum atomic E-state index is 13.7. The molecule has 0 radical (unpaired) electrons. The molecular weight excluding hydrogens is 282 g/mol. The maximum Gasteiger partial charge on any atom is 0.170 e. The molecule has 2 aromatic heterocycles. The summed E-state index contributed by atoms with van der Waals surface area (Å²) in [5.74, 6) is -0.577. The Morgan fingerprint density at radius 2 is 2.15 bits per heavy atom. The molecule has 0 spiro atoms. The highest BCUT2D eigenvalue weighted by atomic mass is 32.2. The first kappa shape index (κ1) is 12.9. The van der Waals surface area contributed by atoms with Crippen LogP contribution in [0.15, 0.2) is 46.7 Å². The molecule has 0 aliphatic heterocycles. The third-order valence-corrected chi connectivity index (χ3v) is 3.72. The lowest BCUT2D eigenvalue weighted by Crippen LogP contribution is -1.98. The first-order valence-corrected chi connectivity index (χ1v) is 6.63. The molecule has 3 rings (SSSR count). The van der Waals surface area contributed by atoms with Crippen LogP contribution >= 0.6 is 11.8 Å². The van der Waals surface area contributed by atoms with Crippen molar-refractivity contribution in [1.29, 1.82) is 0 Å². The van der Waals surface area contributed by atoms with E-state index in [2.05, 4.69) is 15.3 Å². The van der Waals surface area contributed by atoms with Crippen LogP contribution in [0.2, 0.25) is 0 Å². The molecular formula is C13H10F2N4S. The average molecular weight is 292 g/mol. The fourth-order valence-corrected chi connectivity index (χ4v) is 2.65. The van der Waals surface area contributed by atoms with E-state index < -0.39 is 11.6 Å². The average Bonchev–Trinajstić information content (AvgIpc) is 2.90. The van der Waals surface area contributed by atoms with Crippen molar-refractivity contribution >= 4 is 23.2 Å². The summed E-state index contributed by atoms with van der Waals surface area (Å²) >= 11 is 1.11. The molecule has 0 amide bonds. The molecule has 4 nitrogen and oxygen atoms in total. The van der Waals surface area contributed by atoms with Crippen LogP contribution in [0.1, 0.15) is 0 Å². The SMILES string of the molecule is CNc1cn2ccnc2c(Sc2ccc(F)cc2F)n1. The molecule has 0 bridgehead atoms. The van der Waals surface area contributed by atoms with Crippen molar-refractivity contribution in [3.05, 3.63) is 48.4 Å². The number of hydrogen-bond acceptors (Lipinski definition) is 4. The van der Waals surface area contributed by atoms with Gasteiger partial charge in [0.1, 0.15) is 22.5 Å². The molecule has 0 fully saturated rings. The topological polar surface area (TPSA) is 42.2 Å². The van der Waals surface area contributed by atoms with Crippen LogP contribution in [-0.2, 0) is 0 Å². The Morgan fingerprint density at radius 1 is 1.30 bits per heavy atom. The zero-order chi connectivity index (χ0) is 14.1. The lowest BCUT2D eigenvalue weighted by atomic mass is 10.3. The number of hydrogen-bond donors (Lipinski definition) is 1. The minimum atomic E-state index is -0.614. The minimum absolute atomic E-state index is 0.303. The smallest absolute Gasteiger partial charge is 0.170 e. The van der Waals surface area contributed by atoms with Crippen LogP contribution in [0.3, 0.4) is 0 Å². The molecule has 7 heteroatoms. The number of aromatic nitrogens is 3. The number of nitrogens with zero attached hydrogens (tertiary/aromatic N) is 3. The van der Waals surface area contributed by atoms with Gasteiger partial charge in [-0.2, -0.15) is 0 Å². The molecule has 1 aromatic carbocycles. The van der Waals surface area contributed by atoms with Crippen LogP contribution < -0.4 is 5.32 Å². The van der Waals surface area contributed by atoms with Gasteiger partial charge in [0, 0.05) is 30.4 Å². The monoisotopic (exact) mass is 292 g/mol. The Balaban J connectivity index is 2.07. The highest BCUT2D eigenvalue weighted by molar-refractivity contribution is 7.99. The zero-order valence-corrected chi connectivity index (χ0v) is 11.3. The number of halogens is 2. The molecule has 0 saturated heterocycles. The highest BCUT2D eigenvalue weighted by Gasteiger charge is 2.12. The normalized spacial score (nSPS) is 10.9. The van der Waals surface area contributed by atoms with Crippen molar-refractivity contribution in [2.24, 2.45) is 0 Å². The summed E-state index contributed by atoms with van der Waals surface area (Å²) in [6, 6.07) is 3.46. The molecule has 0 atom stereocenters. The van der Waals surface area contributed by atoms with Gasteiger partial charge >= 0.3 is 0 Å². The van der Waals surface area contributed by atoms with Gasteiger partial charge in [-0.1, -0.05) is 11.8 Å². The van der Waals surface area contributed by atoms with Crippen LogP contribution in [0.5, 0.6) is 0 Å². The summed E-state index contributed by atoms with van der Waals surface area (Å²) in [6.07, 6.45) is 5.21. The lowest BCUT2D eigenvalue weighted by molar-refractivity contribution is 0.565. The van der Waals surface area contributed by atoms with Gasteiger partial charge in [-0.05, 0) is 12.1 Å². The summed E-state index contributed by atoms with van der Waals surface area (Å²) in [5.41, 5.74) is 0.623. The van der Waals surface area contributed by atoms with Crippen LogP contribution in [0.25, 0.3) is 5.65 Å². The first-order chi connectivity index (χ1) is 9.67. The number of nitrogens with one attached hydrogen (secondary N) is 1. The first-order valence-electron chi connectivity index (χ1n) is 5.82. The van der Waals surface area contributed by atoms with E-state index in [0.717, 1.165) is 17.8 Å². The summed E-state index contributed by atoms with van der Waals surface area (Å²) in [6.45, 7) is 0. The van der Waals surface area contributed by atoms with Gasteiger partial charge in [-0.25, -0.2) is 18.7 Å². The number of fused-ring (bicyclic) bond motifs is 1. The quantitative estimate of drug-likeness (QED) is 0.805. The summed E-state index contributed by atoms with van der Waals surface area (Å²) in [7, 11) is 1.75. The Hall–Kier alpha value is -2.15. The molecule has 0 unspecified atom stereocenters. The van der Waals surface area contributed by atoms with E-state index in [0.29, 0.717) is 21.4 Å². The van der Waals surface area contributed by atoms with Crippen LogP contribution in [0.4, 0.5) is 14.6 Å². The molecule has 0 aliphatic rings. The predicted octanol–water partition coefficient (Wildman–Crippen LogP) is 3.20. The van der Waals surface area contributed by atoms with E-state index in [1.165, 1.54) is 12.1 Å². The summed E-state index contributed by atoms with van der Waals surface area (Å²) in [5, 5.41) is 3.48. The summed E-state index contributed by atoms with van der Waals surface area (Å²) < 4.78 is 28.4. The second kappa shape index (κ2) is 5.09. The molecule has 1 N–H and O–H groups in total. The van der Waals surface area contributed by atoms with E-state index in [1.807, 2.05) is 0 Å². The fourth-order valence-electron chi connectivity index (χ4n) is 1.75. The predicted molar refractivity (Wildman–Crippen MR) is 73.0 cm³/mol. The van der Waals surface area contributed by atoms with Crippen LogP contribution in [-0.4, -0.2) is 21.4 Å². The van der Waals surface area contributed by atoms with Gasteiger partial charge in [0.05, 0.1) is 6.20 Å². The fraction of sp³-hybridized carbons (Fsp3) is 0.0769. The number of imidazole rings is 1. The van der Waals surface area contributed by atoms with E-state index in [-0.39, 0.29) is 0 Å². The Kier molecular flexibility index (Phi) is 3.27. The number of rotatable bonds is 3. The van der Waals surface area contributed by atoms with Gasteiger partial charge in [0.2, 0.25) is 0 Å². The van der Waals surface area contributed by atoms with Crippen molar-refractivity contribution < 1.29 is 8.78 Å². The number of benzene rings is 1. The number of anilines is 1. The molecule has 0 saturated carbocycles. The molecule has 3 aromatic rings. The second-order valence-corrected chi connectivity index (χ2v) is 5.05. The van der Waals surface area contributed by atoms with E-state index in [1.54, 1.807) is 30.0 Å². The van der Waals surface area contributed by atoms with Crippen molar-refractivity contribution in [2.45, 2.75) is 9.92 Å². The third kappa shape index (κ3) is 2.32. The van der Waals surface area contributed by atoms with Crippen molar-refractivity contribution in [3.8, 4) is 0 Å². The molecule has 102 valence electrons. The van der Waals surface area contributed by atoms with Gasteiger partial charge in [0.15, 0.2) is 5.65 Å². The van der Waals surface area contributed by atoms with Crippen molar-refractivity contribution in [1.82, 2.24) is 14.4 Å². The maximum absolute atomic E-state index is 13.7. The van der Waals surface area contributed by atoms with E-state index >= 15 is 0 Å². The van der Waals surface area contributed by atoms with Crippen molar-refractivity contribution in [2.75, 3.05) is 12.4 Å². The van der Waals surface area contributed by atoms with Gasteiger partial charge < -0.3 is 9.72 Å². The highest BCUT2D eigenvalue weighted by Crippen LogP contribution is 2.31. The second-order valence-electron chi connectivity index (χ2n) is 4.02. The molecule has 2 heterocycles. The lowest BCUT2D eigenvalue weighted by Gasteiger charge is -2.07.